The van der Waals surface area contributed by atoms with Crippen molar-refractivity contribution in [1.82, 2.24) is 4.90 Å². The Kier molecular flexibility index (Phi) is 7.38. The van der Waals surface area contributed by atoms with Gasteiger partial charge in [-0.1, -0.05) is 46.5 Å². The first kappa shape index (κ1) is 17.0. The van der Waals surface area contributed by atoms with Crippen LogP contribution in [0, 0.1) is 11.8 Å². The molecule has 1 rings (SSSR count). The summed E-state index contributed by atoms with van der Waals surface area (Å²) in [6.45, 7) is 9.03. The van der Waals surface area contributed by atoms with Crippen LogP contribution in [0.2, 0.25) is 0 Å². The molecule has 0 amide bonds. The van der Waals surface area contributed by atoms with E-state index in [1.54, 1.807) is 0 Å². The van der Waals surface area contributed by atoms with Crippen molar-refractivity contribution in [3.63, 3.8) is 0 Å². The fourth-order valence-electron chi connectivity index (χ4n) is 3.70. The number of nitrogens with zero attached hydrogens (tertiary/aromatic N) is 1. The summed E-state index contributed by atoms with van der Waals surface area (Å²) in [4.78, 5) is 2.61. The van der Waals surface area contributed by atoms with Crippen LogP contribution >= 0.6 is 0 Å². The van der Waals surface area contributed by atoms with E-state index in [1.165, 1.54) is 57.9 Å². The standard InChI is InChI=1S/C17H36N2/c1-5-15(3)12-17(6-2,14-18)19(4)13-16-10-8-7-9-11-16/h15-16H,5-14,18H2,1-4H3. The predicted molar refractivity (Wildman–Crippen MR) is 85.4 cm³/mol. The van der Waals surface area contributed by atoms with E-state index in [0.29, 0.717) is 0 Å². The highest BCUT2D eigenvalue weighted by atomic mass is 15.2. The van der Waals surface area contributed by atoms with Crippen LogP contribution in [0.15, 0.2) is 0 Å². The van der Waals surface area contributed by atoms with Gasteiger partial charge in [-0.25, -0.2) is 0 Å². The van der Waals surface area contributed by atoms with Gasteiger partial charge in [0.1, 0.15) is 0 Å². The molecule has 1 aliphatic carbocycles. The fourth-order valence-corrected chi connectivity index (χ4v) is 3.70. The lowest BCUT2D eigenvalue weighted by Gasteiger charge is -2.44. The van der Waals surface area contributed by atoms with Gasteiger partial charge in [-0.3, -0.25) is 4.90 Å². The van der Waals surface area contributed by atoms with Crippen LogP contribution in [0.4, 0.5) is 0 Å². The van der Waals surface area contributed by atoms with Crippen molar-refractivity contribution in [3.8, 4) is 0 Å². The van der Waals surface area contributed by atoms with Crippen molar-refractivity contribution in [1.29, 1.82) is 0 Å². The molecule has 0 aromatic carbocycles. The molecule has 0 radical (unpaired) electrons. The molecule has 1 aliphatic rings. The molecule has 2 unspecified atom stereocenters. The molecule has 0 aromatic rings. The highest BCUT2D eigenvalue weighted by Crippen LogP contribution is 2.31. The van der Waals surface area contributed by atoms with Gasteiger partial charge in [-0.05, 0) is 44.6 Å². The average Bonchev–Trinajstić information content (AvgIpc) is 2.45. The van der Waals surface area contributed by atoms with Gasteiger partial charge in [-0.15, -0.1) is 0 Å². The van der Waals surface area contributed by atoms with Gasteiger partial charge < -0.3 is 5.73 Å². The Labute approximate surface area is 121 Å². The molecule has 19 heavy (non-hydrogen) atoms. The van der Waals surface area contributed by atoms with Gasteiger partial charge in [0.15, 0.2) is 0 Å². The Balaban J connectivity index is 2.62. The largest absolute Gasteiger partial charge is 0.329 e. The lowest BCUT2D eigenvalue weighted by molar-refractivity contribution is 0.0694. The van der Waals surface area contributed by atoms with Gasteiger partial charge in [0.2, 0.25) is 0 Å². The summed E-state index contributed by atoms with van der Waals surface area (Å²) in [6.07, 6.45) is 10.9. The molecule has 0 heterocycles. The molecule has 114 valence electrons. The number of nitrogens with two attached hydrogens (primary N) is 1. The zero-order chi connectivity index (χ0) is 14.3. The monoisotopic (exact) mass is 268 g/mol. The van der Waals surface area contributed by atoms with Crippen LogP contribution in [0.5, 0.6) is 0 Å². The highest BCUT2D eigenvalue weighted by molar-refractivity contribution is 4.91. The first-order valence-corrected chi connectivity index (χ1v) is 8.49. The average molecular weight is 268 g/mol. The Morgan fingerprint density at radius 1 is 1.21 bits per heavy atom. The van der Waals surface area contributed by atoms with Gasteiger partial charge in [0.05, 0.1) is 0 Å². The molecular formula is C17H36N2. The molecule has 1 fully saturated rings. The van der Waals surface area contributed by atoms with Crippen LogP contribution in [0.1, 0.15) is 72.1 Å². The lowest BCUT2D eigenvalue weighted by atomic mass is 9.81. The molecule has 0 bridgehead atoms. The Morgan fingerprint density at radius 2 is 1.84 bits per heavy atom. The molecule has 2 nitrogen and oxygen atoms in total. The van der Waals surface area contributed by atoms with Crippen molar-refractivity contribution in [2.45, 2.75) is 77.7 Å². The summed E-state index contributed by atoms with van der Waals surface area (Å²) in [5.74, 6) is 1.69. The topological polar surface area (TPSA) is 29.3 Å². The van der Waals surface area contributed by atoms with E-state index in [2.05, 4.69) is 32.7 Å². The first-order valence-electron chi connectivity index (χ1n) is 8.49. The second-order valence-corrected chi connectivity index (χ2v) is 6.88. The summed E-state index contributed by atoms with van der Waals surface area (Å²) in [7, 11) is 2.31. The number of hydrogen-bond acceptors (Lipinski definition) is 2. The maximum Gasteiger partial charge on any atom is 0.0328 e. The smallest absolute Gasteiger partial charge is 0.0328 e. The van der Waals surface area contributed by atoms with Crippen molar-refractivity contribution in [2.24, 2.45) is 17.6 Å². The van der Waals surface area contributed by atoms with Crippen molar-refractivity contribution in [3.05, 3.63) is 0 Å². The van der Waals surface area contributed by atoms with Crippen LogP contribution in [0.25, 0.3) is 0 Å². The maximum atomic E-state index is 6.19. The molecule has 0 saturated heterocycles. The number of rotatable bonds is 8. The van der Waals surface area contributed by atoms with E-state index in [4.69, 9.17) is 5.73 Å². The summed E-state index contributed by atoms with van der Waals surface area (Å²) in [5.41, 5.74) is 6.41. The molecular weight excluding hydrogens is 232 g/mol. The SMILES string of the molecule is CCC(C)CC(CC)(CN)N(C)CC1CCCCC1. The molecule has 2 atom stereocenters. The minimum Gasteiger partial charge on any atom is -0.329 e. The van der Waals surface area contributed by atoms with Crippen molar-refractivity contribution < 1.29 is 0 Å². The van der Waals surface area contributed by atoms with E-state index >= 15 is 0 Å². The van der Waals surface area contributed by atoms with E-state index < -0.39 is 0 Å². The highest BCUT2D eigenvalue weighted by Gasteiger charge is 2.33. The lowest BCUT2D eigenvalue weighted by Crippen LogP contribution is -2.54. The summed E-state index contributed by atoms with van der Waals surface area (Å²) >= 11 is 0. The van der Waals surface area contributed by atoms with Gasteiger partial charge >= 0.3 is 0 Å². The molecule has 0 aliphatic heterocycles. The Hall–Kier alpha value is -0.0800. The Bertz CT molecular complexity index is 229. The normalized spacial score (nSPS) is 22.4. The first-order chi connectivity index (χ1) is 9.07. The van der Waals surface area contributed by atoms with Gasteiger partial charge in [0.25, 0.3) is 0 Å². The third-order valence-corrected chi connectivity index (χ3v) is 5.53. The third kappa shape index (κ3) is 4.75. The zero-order valence-corrected chi connectivity index (χ0v) is 13.8. The minimum absolute atomic E-state index is 0.229. The maximum absolute atomic E-state index is 6.19. The minimum atomic E-state index is 0.229. The van der Waals surface area contributed by atoms with E-state index in [-0.39, 0.29) is 5.54 Å². The van der Waals surface area contributed by atoms with E-state index in [0.717, 1.165) is 18.4 Å². The van der Waals surface area contributed by atoms with Crippen LogP contribution in [0.3, 0.4) is 0 Å². The number of hydrogen-bond donors (Lipinski definition) is 1. The molecule has 2 N–H and O–H groups in total. The Morgan fingerprint density at radius 3 is 2.32 bits per heavy atom. The molecule has 0 spiro atoms. The third-order valence-electron chi connectivity index (χ3n) is 5.53. The summed E-state index contributed by atoms with van der Waals surface area (Å²) in [6, 6.07) is 0. The van der Waals surface area contributed by atoms with Crippen molar-refractivity contribution in [2.75, 3.05) is 20.1 Å². The second kappa shape index (κ2) is 8.26. The zero-order valence-electron chi connectivity index (χ0n) is 13.8. The quantitative estimate of drug-likeness (QED) is 0.720. The molecule has 2 heteroatoms. The van der Waals surface area contributed by atoms with Crippen LogP contribution in [-0.2, 0) is 0 Å². The fraction of sp³-hybridized carbons (Fsp3) is 1.00. The molecule has 1 saturated carbocycles. The predicted octanol–water partition coefficient (Wildman–Crippen LogP) is 4.04. The van der Waals surface area contributed by atoms with Gasteiger partial charge in [0, 0.05) is 18.6 Å². The van der Waals surface area contributed by atoms with E-state index in [9.17, 15) is 0 Å². The summed E-state index contributed by atoms with van der Waals surface area (Å²) in [5, 5.41) is 0. The second-order valence-electron chi connectivity index (χ2n) is 6.88. The van der Waals surface area contributed by atoms with E-state index in [1.807, 2.05) is 0 Å². The number of likely N-dealkylation sites (N-methyl/N-ethyl adjacent to an activating group) is 1. The molecule has 0 aromatic heterocycles. The van der Waals surface area contributed by atoms with Gasteiger partial charge in [-0.2, -0.15) is 0 Å². The van der Waals surface area contributed by atoms with Crippen LogP contribution in [-0.4, -0.2) is 30.6 Å². The van der Waals surface area contributed by atoms with Crippen LogP contribution < -0.4 is 5.73 Å². The van der Waals surface area contributed by atoms with Crippen molar-refractivity contribution >= 4 is 0 Å². The summed E-state index contributed by atoms with van der Waals surface area (Å²) < 4.78 is 0.